The minimum atomic E-state index is -0.298. The Morgan fingerprint density at radius 1 is 1.42 bits per heavy atom. The summed E-state index contributed by atoms with van der Waals surface area (Å²) in [5.41, 5.74) is 1.39. The van der Waals surface area contributed by atoms with E-state index in [-0.39, 0.29) is 5.76 Å². The van der Waals surface area contributed by atoms with E-state index in [4.69, 9.17) is 16.0 Å². The molecule has 1 unspecified atom stereocenters. The van der Waals surface area contributed by atoms with Gasteiger partial charge in [0.25, 0.3) is 0 Å². The largest absolute Gasteiger partial charge is 0.419 e. The summed E-state index contributed by atoms with van der Waals surface area (Å²) >= 11 is 5.98. The van der Waals surface area contributed by atoms with Gasteiger partial charge in [0.1, 0.15) is 0 Å². The van der Waals surface area contributed by atoms with Crippen molar-refractivity contribution in [2.24, 2.45) is 0 Å². The van der Waals surface area contributed by atoms with Gasteiger partial charge in [0.05, 0.1) is 5.52 Å². The Kier molecular flexibility index (Phi) is 3.62. The lowest BCUT2D eigenvalue weighted by molar-refractivity contribution is 0.362. The van der Waals surface area contributed by atoms with Crippen LogP contribution in [0.25, 0.3) is 11.1 Å². The first-order valence-corrected chi connectivity index (χ1v) is 7.14. The van der Waals surface area contributed by atoms with Crippen molar-refractivity contribution in [1.82, 2.24) is 9.88 Å². The van der Waals surface area contributed by atoms with Gasteiger partial charge in [-0.05, 0) is 44.0 Å². The topological polar surface area (TPSA) is 47.2 Å². The van der Waals surface area contributed by atoms with Crippen LogP contribution in [0.4, 0.5) is 0 Å². The highest BCUT2D eigenvalue weighted by molar-refractivity contribution is 6.31. The summed E-state index contributed by atoms with van der Waals surface area (Å²) in [6, 6.07) is 5.77. The quantitative estimate of drug-likeness (QED) is 0.940. The zero-order valence-electron chi connectivity index (χ0n) is 10.7. The normalized spacial score (nSPS) is 19.9. The monoisotopic (exact) mass is 280 g/mol. The van der Waals surface area contributed by atoms with Gasteiger partial charge in [-0.2, -0.15) is 0 Å². The summed E-state index contributed by atoms with van der Waals surface area (Å²) in [6.45, 7) is 1.75. The highest BCUT2D eigenvalue weighted by Gasteiger charge is 2.15. The summed E-state index contributed by atoms with van der Waals surface area (Å²) < 4.78 is 6.90. The van der Waals surface area contributed by atoms with E-state index in [0.717, 1.165) is 18.5 Å². The van der Waals surface area contributed by atoms with E-state index in [2.05, 4.69) is 5.32 Å². The van der Waals surface area contributed by atoms with Crippen molar-refractivity contribution in [2.45, 2.75) is 38.3 Å². The molecule has 1 saturated heterocycles. The van der Waals surface area contributed by atoms with Gasteiger partial charge < -0.3 is 9.73 Å². The number of hydrogen-bond acceptors (Lipinski definition) is 3. The van der Waals surface area contributed by atoms with Crippen molar-refractivity contribution in [3.05, 3.63) is 33.8 Å². The van der Waals surface area contributed by atoms with Crippen LogP contribution in [0.2, 0.25) is 5.02 Å². The summed E-state index contributed by atoms with van der Waals surface area (Å²) in [5, 5.41) is 4.11. The van der Waals surface area contributed by atoms with E-state index in [9.17, 15) is 4.79 Å². The van der Waals surface area contributed by atoms with Crippen LogP contribution in [0, 0.1) is 0 Å². The fourth-order valence-corrected chi connectivity index (χ4v) is 2.87. The Morgan fingerprint density at radius 2 is 2.32 bits per heavy atom. The molecular weight excluding hydrogens is 264 g/mol. The van der Waals surface area contributed by atoms with Crippen LogP contribution in [0.3, 0.4) is 0 Å². The second-order valence-corrected chi connectivity index (χ2v) is 5.50. The second-order valence-electron chi connectivity index (χ2n) is 5.07. The zero-order chi connectivity index (χ0) is 13.2. The van der Waals surface area contributed by atoms with Gasteiger partial charge in [-0.15, -0.1) is 0 Å². The molecule has 0 spiro atoms. The number of oxazole rings is 1. The van der Waals surface area contributed by atoms with Crippen molar-refractivity contribution in [3.8, 4) is 0 Å². The molecule has 1 aromatic heterocycles. The third-order valence-corrected chi connectivity index (χ3v) is 3.98. The van der Waals surface area contributed by atoms with Crippen LogP contribution in [0.15, 0.2) is 27.4 Å². The van der Waals surface area contributed by atoms with Crippen molar-refractivity contribution < 1.29 is 4.42 Å². The van der Waals surface area contributed by atoms with Crippen molar-refractivity contribution >= 4 is 22.7 Å². The van der Waals surface area contributed by atoms with Gasteiger partial charge in [-0.3, -0.25) is 4.57 Å². The molecule has 1 atom stereocenters. The highest BCUT2D eigenvalue weighted by Crippen LogP contribution is 2.19. The molecule has 19 heavy (non-hydrogen) atoms. The number of nitrogens with one attached hydrogen (secondary N) is 1. The van der Waals surface area contributed by atoms with Crippen molar-refractivity contribution in [3.63, 3.8) is 0 Å². The number of benzene rings is 1. The van der Waals surface area contributed by atoms with E-state index in [0.29, 0.717) is 23.2 Å². The molecule has 1 fully saturated rings. The molecule has 1 aromatic carbocycles. The van der Waals surface area contributed by atoms with E-state index in [1.54, 1.807) is 22.8 Å². The summed E-state index contributed by atoms with van der Waals surface area (Å²) in [7, 11) is 0. The SMILES string of the molecule is O=c1oc2ccc(Cl)cc2n1CCC1CCCCN1. The number of fused-ring (bicyclic) bond motifs is 1. The van der Waals surface area contributed by atoms with Crippen LogP contribution in [0.5, 0.6) is 0 Å². The number of aryl methyl sites for hydroxylation is 1. The summed E-state index contributed by atoms with van der Waals surface area (Å²) in [4.78, 5) is 11.9. The number of rotatable bonds is 3. The molecule has 2 heterocycles. The van der Waals surface area contributed by atoms with Crippen LogP contribution < -0.4 is 11.1 Å². The van der Waals surface area contributed by atoms with E-state index in [1.165, 1.54) is 19.3 Å². The van der Waals surface area contributed by atoms with E-state index in [1.807, 2.05) is 0 Å². The van der Waals surface area contributed by atoms with Crippen molar-refractivity contribution in [1.29, 1.82) is 0 Å². The number of nitrogens with zero attached hydrogens (tertiary/aromatic N) is 1. The van der Waals surface area contributed by atoms with Crippen LogP contribution >= 0.6 is 11.6 Å². The lowest BCUT2D eigenvalue weighted by Crippen LogP contribution is -2.35. The first-order valence-electron chi connectivity index (χ1n) is 6.76. The Labute approximate surface area is 116 Å². The zero-order valence-corrected chi connectivity index (χ0v) is 11.4. The molecule has 0 radical (unpaired) electrons. The molecule has 1 N–H and O–H groups in total. The smallest absolute Gasteiger partial charge is 0.408 e. The Hall–Kier alpha value is -1.26. The van der Waals surface area contributed by atoms with Gasteiger partial charge in [-0.25, -0.2) is 4.79 Å². The molecule has 5 heteroatoms. The predicted octanol–water partition coefficient (Wildman–Crippen LogP) is 2.78. The molecule has 1 aliphatic rings. The van der Waals surface area contributed by atoms with Gasteiger partial charge in [0.15, 0.2) is 5.58 Å². The fraction of sp³-hybridized carbons (Fsp3) is 0.500. The molecule has 0 aliphatic carbocycles. The van der Waals surface area contributed by atoms with Crippen LogP contribution in [0.1, 0.15) is 25.7 Å². The second kappa shape index (κ2) is 5.39. The van der Waals surface area contributed by atoms with E-state index < -0.39 is 0 Å². The fourth-order valence-electron chi connectivity index (χ4n) is 2.70. The predicted molar refractivity (Wildman–Crippen MR) is 75.7 cm³/mol. The molecule has 102 valence electrons. The maximum Gasteiger partial charge on any atom is 0.419 e. The molecular formula is C14H17ClN2O2. The molecule has 1 aliphatic heterocycles. The Balaban J connectivity index is 1.81. The van der Waals surface area contributed by atoms with Crippen LogP contribution in [-0.4, -0.2) is 17.2 Å². The average molecular weight is 281 g/mol. The van der Waals surface area contributed by atoms with E-state index >= 15 is 0 Å². The van der Waals surface area contributed by atoms with Gasteiger partial charge in [-0.1, -0.05) is 18.0 Å². The average Bonchev–Trinajstić information content (AvgIpc) is 2.73. The third-order valence-electron chi connectivity index (χ3n) is 3.74. The molecule has 0 saturated carbocycles. The van der Waals surface area contributed by atoms with Crippen LogP contribution in [-0.2, 0) is 6.54 Å². The summed E-state index contributed by atoms with van der Waals surface area (Å²) in [6.07, 6.45) is 4.65. The first kappa shape index (κ1) is 12.8. The number of aromatic nitrogens is 1. The lowest BCUT2D eigenvalue weighted by atomic mass is 10.0. The first-order chi connectivity index (χ1) is 9.24. The molecule has 3 rings (SSSR count). The maximum atomic E-state index is 11.9. The summed E-state index contributed by atoms with van der Waals surface area (Å²) in [5.74, 6) is -0.298. The van der Waals surface area contributed by atoms with Gasteiger partial charge in [0.2, 0.25) is 0 Å². The number of piperidine rings is 1. The minimum Gasteiger partial charge on any atom is -0.408 e. The number of halogens is 1. The highest BCUT2D eigenvalue weighted by atomic mass is 35.5. The Bertz CT molecular complexity index is 626. The molecule has 2 aromatic rings. The third kappa shape index (κ3) is 2.69. The Morgan fingerprint density at radius 3 is 3.11 bits per heavy atom. The molecule has 0 bridgehead atoms. The lowest BCUT2D eigenvalue weighted by Gasteiger charge is -2.23. The van der Waals surface area contributed by atoms with Gasteiger partial charge >= 0.3 is 5.76 Å². The standard InChI is InChI=1S/C14H17ClN2O2/c15-10-4-5-13-12(9-10)17(14(18)19-13)8-6-11-3-1-2-7-16-11/h4-5,9,11,16H,1-3,6-8H2. The molecule has 0 amide bonds. The molecule has 4 nitrogen and oxygen atoms in total. The van der Waals surface area contributed by atoms with Gasteiger partial charge in [0, 0.05) is 17.6 Å². The van der Waals surface area contributed by atoms with Crippen molar-refractivity contribution in [2.75, 3.05) is 6.54 Å². The maximum absolute atomic E-state index is 11.9. The number of hydrogen-bond donors (Lipinski definition) is 1. The minimum absolute atomic E-state index is 0.298.